The van der Waals surface area contributed by atoms with Crippen LogP contribution in [0.1, 0.15) is 0 Å². The molecule has 0 heterocycles. The Kier molecular flexibility index (Phi) is 6.42. The minimum absolute atomic E-state index is 0.471. The van der Waals surface area contributed by atoms with E-state index in [1.807, 2.05) is 5.48 Å². The molecule has 7 heteroatoms. The lowest BCUT2D eigenvalue weighted by Gasteiger charge is -2.16. The molecule has 0 atom stereocenters. The molecule has 3 N–H and O–H groups in total. The van der Waals surface area contributed by atoms with Gasteiger partial charge in [-0.15, -0.1) is 0 Å². The van der Waals surface area contributed by atoms with Gasteiger partial charge in [0.05, 0.1) is 0 Å². The van der Waals surface area contributed by atoms with Crippen molar-refractivity contribution in [2.75, 3.05) is 33.8 Å². The first-order valence-electron chi connectivity index (χ1n) is 4.07. The third kappa shape index (κ3) is 6.21. The average molecular weight is 205 g/mol. The van der Waals surface area contributed by atoms with E-state index in [0.29, 0.717) is 13.1 Å². The molecule has 0 saturated carbocycles. The van der Waals surface area contributed by atoms with E-state index in [1.54, 1.807) is 14.1 Å². The van der Waals surface area contributed by atoms with E-state index in [9.17, 15) is 9.59 Å². The maximum absolute atomic E-state index is 11.1. The second-order valence-electron chi connectivity index (χ2n) is 2.61. The van der Waals surface area contributed by atoms with Crippen molar-refractivity contribution < 1.29 is 19.5 Å². The van der Waals surface area contributed by atoms with Crippen molar-refractivity contribution in [1.82, 2.24) is 15.7 Å². The summed E-state index contributed by atoms with van der Waals surface area (Å²) >= 11 is 0. The van der Waals surface area contributed by atoms with Crippen LogP contribution in [0.4, 0.5) is 4.79 Å². The molecule has 82 valence electrons. The van der Waals surface area contributed by atoms with Crippen LogP contribution in [-0.4, -0.2) is 55.8 Å². The number of aliphatic carboxylic acids is 1. The number of carbonyl (C=O) groups is 2. The zero-order valence-electron chi connectivity index (χ0n) is 8.24. The third-order valence-corrected chi connectivity index (χ3v) is 1.40. The largest absolute Gasteiger partial charge is 0.479 e. The van der Waals surface area contributed by atoms with E-state index in [-0.39, 0.29) is 0 Å². The van der Waals surface area contributed by atoms with E-state index < -0.39 is 18.6 Å². The predicted octanol–water partition coefficient (Wildman–Crippen LogP) is -1.14. The minimum atomic E-state index is -1.14. The lowest BCUT2D eigenvalue weighted by Crippen LogP contribution is -2.40. The minimum Gasteiger partial charge on any atom is -0.479 e. The van der Waals surface area contributed by atoms with Crippen molar-refractivity contribution in [1.29, 1.82) is 0 Å². The van der Waals surface area contributed by atoms with Crippen LogP contribution in [-0.2, 0) is 9.63 Å². The van der Waals surface area contributed by atoms with Gasteiger partial charge in [-0.05, 0) is 7.05 Å². The predicted molar refractivity (Wildman–Crippen MR) is 48.7 cm³/mol. The molecule has 0 aliphatic heterocycles. The van der Waals surface area contributed by atoms with Crippen molar-refractivity contribution in [2.45, 2.75) is 0 Å². The van der Waals surface area contributed by atoms with Crippen molar-refractivity contribution >= 4 is 12.0 Å². The Balaban J connectivity index is 3.56. The molecular weight excluding hydrogens is 190 g/mol. The molecule has 0 spiro atoms. The first kappa shape index (κ1) is 12.7. The summed E-state index contributed by atoms with van der Waals surface area (Å²) in [7, 11) is 3.35. The number of nitrogens with zero attached hydrogens (tertiary/aromatic N) is 1. The number of rotatable bonds is 6. The zero-order chi connectivity index (χ0) is 11.0. The number of carboxylic acid groups (broad SMARTS) is 1. The summed E-state index contributed by atoms with van der Waals surface area (Å²) in [4.78, 5) is 26.9. The molecule has 0 radical (unpaired) electrons. The summed E-state index contributed by atoms with van der Waals surface area (Å²) < 4.78 is 0. The average Bonchev–Trinajstić information content (AvgIpc) is 2.13. The highest BCUT2D eigenvalue weighted by atomic mass is 16.7. The lowest BCUT2D eigenvalue weighted by atomic mass is 10.6. The number of amides is 2. The summed E-state index contributed by atoms with van der Waals surface area (Å²) in [6.07, 6.45) is 0. The number of hydrogen-bond donors (Lipinski definition) is 3. The third-order valence-electron chi connectivity index (χ3n) is 1.40. The van der Waals surface area contributed by atoms with E-state index in [4.69, 9.17) is 5.11 Å². The Morgan fingerprint density at radius 3 is 2.64 bits per heavy atom. The normalized spacial score (nSPS) is 9.57. The fraction of sp³-hybridized carbons (Fsp3) is 0.714. The van der Waals surface area contributed by atoms with Crippen LogP contribution in [0.15, 0.2) is 0 Å². The van der Waals surface area contributed by atoms with Gasteiger partial charge >= 0.3 is 12.0 Å². The molecule has 0 aromatic rings. The maximum Gasteiger partial charge on any atom is 0.341 e. The Morgan fingerprint density at radius 2 is 2.14 bits per heavy atom. The Morgan fingerprint density at radius 1 is 1.50 bits per heavy atom. The van der Waals surface area contributed by atoms with Gasteiger partial charge in [0.1, 0.15) is 0 Å². The molecule has 0 bridgehead atoms. The number of urea groups is 1. The van der Waals surface area contributed by atoms with Crippen LogP contribution in [0, 0.1) is 0 Å². The highest BCUT2D eigenvalue weighted by Gasteiger charge is 2.07. The van der Waals surface area contributed by atoms with Crippen LogP contribution in [0.2, 0.25) is 0 Å². The molecule has 0 saturated heterocycles. The zero-order valence-corrected chi connectivity index (χ0v) is 8.24. The van der Waals surface area contributed by atoms with Gasteiger partial charge < -0.3 is 15.3 Å². The topological polar surface area (TPSA) is 90.9 Å². The fourth-order valence-electron chi connectivity index (χ4n) is 0.619. The summed E-state index contributed by atoms with van der Waals surface area (Å²) in [6.45, 7) is 0.618. The highest BCUT2D eigenvalue weighted by Crippen LogP contribution is 1.82. The van der Waals surface area contributed by atoms with Crippen LogP contribution in [0.3, 0.4) is 0 Å². The molecule has 0 aliphatic carbocycles. The van der Waals surface area contributed by atoms with Crippen molar-refractivity contribution in [3.05, 3.63) is 0 Å². The Labute approximate surface area is 82.0 Å². The van der Waals surface area contributed by atoms with Crippen LogP contribution in [0.25, 0.3) is 0 Å². The van der Waals surface area contributed by atoms with Gasteiger partial charge in [-0.25, -0.2) is 15.1 Å². The molecule has 0 aromatic heterocycles. The van der Waals surface area contributed by atoms with E-state index in [0.717, 1.165) is 0 Å². The summed E-state index contributed by atoms with van der Waals surface area (Å²) in [5.74, 6) is -1.14. The summed E-state index contributed by atoms with van der Waals surface area (Å²) in [5, 5.41) is 11.1. The van der Waals surface area contributed by atoms with Gasteiger partial charge in [-0.1, -0.05) is 0 Å². The Bertz CT molecular complexity index is 197. The number of likely N-dealkylation sites (N-methyl/N-ethyl adjacent to an activating group) is 2. The van der Waals surface area contributed by atoms with Crippen LogP contribution < -0.4 is 10.8 Å². The Hall–Kier alpha value is -1.34. The van der Waals surface area contributed by atoms with Gasteiger partial charge in [-0.3, -0.25) is 4.84 Å². The second-order valence-corrected chi connectivity index (χ2v) is 2.61. The van der Waals surface area contributed by atoms with E-state index >= 15 is 0 Å². The monoisotopic (exact) mass is 205 g/mol. The molecule has 0 rings (SSSR count). The van der Waals surface area contributed by atoms with Gasteiger partial charge in [0.2, 0.25) is 0 Å². The van der Waals surface area contributed by atoms with Gasteiger partial charge in [0.25, 0.3) is 0 Å². The van der Waals surface area contributed by atoms with Crippen LogP contribution in [0.5, 0.6) is 0 Å². The molecule has 0 aliphatic rings. The molecule has 14 heavy (non-hydrogen) atoms. The number of hydrogen-bond acceptors (Lipinski definition) is 4. The molecular formula is C7H15N3O4. The fourth-order valence-corrected chi connectivity index (χ4v) is 0.619. The molecule has 0 fully saturated rings. The van der Waals surface area contributed by atoms with E-state index in [2.05, 4.69) is 10.2 Å². The quantitative estimate of drug-likeness (QED) is 0.477. The molecule has 7 nitrogen and oxygen atoms in total. The second kappa shape index (κ2) is 7.10. The molecule has 2 amide bonds. The lowest BCUT2D eigenvalue weighted by molar-refractivity contribution is -0.144. The number of carbonyl (C=O) groups excluding carboxylic acids is 1. The highest BCUT2D eigenvalue weighted by molar-refractivity contribution is 5.73. The molecule has 0 aromatic carbocycles. The van der Waals surface area contributed by atoms with Crippen molar-refractivity contribution in [2.24, 2.45) is 0 Å². The first-order chi connectivity index (χ1) is 6.57. The van der Waals surface area contributed by atoms with Crippen molar-refractivity contribution in [3.63, 3.8) is 0 Å². The summed E-state index contributed by atoms with van der Waals surface area (Å²) in [6, 6.07) is -0.471. The SMILES string of the molecule is CNCCN(C)C(=O)NOCC(=O)O. The number of hydroxylamine groups is 1. The van der Waals surface area contributed by atoms with Crippen LogP contribution >= 0.6 is 0 Å². The molecule has 0 unspecified atom stereocenters. The first-order valence-corrected chi connectivity index (χ1v) is 4.07. The smallest absolute Gasteiger partial charge is 0.341 e. The standard InChI is InChI=1S/C7H15N3O4/c1-8-3-4-10(2)7(13)9-14-5-6(11)12/h8H,3-5H2,1-2H3,(H,9,13)(H,11,12). The maximum atomic E-state index is 11.1. The summed E-state index contributed by atoms with van der Waals surface area (Å²) in [5.41, 5.74) is 2.00. The number of carboxylic acids is 1. The van der Waals surface area contributed by atoms with Gasteiger partial charge in [-0.2, -0.15) is 0 Å². The van der Waals surface area contributed by atoms with E-state index in [1.165, 1.54) is 4.90 Å². The number of nitrogens with one attached hydrogen (secondary N) is 2. The van der Waals surface area contributed by atoms with Crippen molar-refractivity contribution in [3.8, 4) is 0 Å². The van der Waals surface area contributed by atoms with Gasteiger partial charge in [0, 0.05) is 20.1 Å². The van der Waals surface area contributed by atoms with Gasteiger partial charge in [0.15, 0.2) is 6.61 Å².